The van der Waals surface area contributed by atoms with Crippen molar-refractivity contribution in [2.75, 3.05) is 32.2 Å². The van der Waals surface area contributed by atoms with Gasteiger partial charge in [0.15, 0.2) is 0 Å². The van der Waals surface area contributed by atoms with Gasteiger partial charge in [0.05, 0.1) is 0 Å². The van der Waals surface area contributed by atoms with Crippen molar-refractivity contribution >= 4 is 33.7 Å². The molecule has 0 aliphatic carbocycles. The monoisotopic (exact) mass is 288 g/mol. The van der Waals surface area contributed by atoms with Gasteiger partial charge >= 0.3 is 0 Å². The molecule has 0 aliphatic heterocycles. The van der Waals surface area contributed by atoms with Gasteiger partial charge in [-0.05, 0) is 23.9 Å². The lowest BCUT2D eigenvalue weighted by atomic mass is 10.0. The zero-order valence-corrected chi connectivity index (χ0v) is 12.7. The molecule has 20 heavy (non-hydrogen) atoms. The number of fused-ring (bicyclic) bond motifs is 1. The van der Waals surface area contributed by atoms with Crippen molar-refractivity contribution in [2.45, 2.75) is 6.42 Å². The van der Waals surface area contributed by atoms with Crippen molar-refractivity contribution in [3.8, 4) is 0 Å². The first kappa shape index (κ1) is 14.8. The molecule has 0 bridgehead atoms. The molecule has 0 unspecified atom stereocenters. The van der Waals surface area contributed by atoms with Crippen LogP contribution in [0.3, 0.4) is 0 Å². The van der Waals surface area contributed by atoms with Crippen molar-refractivity contribution in [3.05, 3.63) is 42.0 Å². The Bertz CT molecular complexity index is 612. The van der Waals surface area contributed by atoms with Gasteiger partial charge in [-0.25, -0.2) is 0 Å². The number of hydrogen-bond acceptors (Lipinski definition) is 3. The summed E-state index contributed by atoms with van der Waals surface area (Å²) < 4.78 is 5.11. The summed E-state index contributed by atoms with van der Waals surface area (Å²) in [6.07, 6.45) is 0.998. The lowest BCUT2D eigenvalue weighted by Crippen LogP contribution is -2.20. The van der Waals surface area contributed by atoms with Crippen LogP contribution >= 0.6 is 12.2 Å². The first-order chi connectivity index (χ1) is 9.65. The lowest BCUT2D eigenvalue weighted by molar-refractivity contribution is 0.196. The Labute approximate surface area is 125 Å². The summed E-state index contributed by atoms with van der Waals surface area (Å²) in [6, 6.07) is 12.3. The van der Waals surface area contributed by atoms with Gasteiger partial charge in [0.25, 0.3) is 0 Å². The number of benzene rings is 2. The molecule has 0 heterocycles. The third-order valence-corrected chi connectivity index (χ3v) is 3.64. The van der Waals surface area contributed by atoms with Crippen LogP contribution in [-0.4, -0.2) is 32.3 Å². The quantitative estimate of drug-likeness (QED) is 0.655. The minimum absolute atomic E-state index is 0.440. The van der Waals surface area contributed by atoms with Crippen LogP contribution in [0.5, 0.6) is 0 Å². The molecule has 3 nitrogen and oxygen atoms in total. The number of nitrogens with zero attached hydrogens (tertiary/aromatic N) is 1. The fraction of sp³-hybridized carbons (Fsp3) is 0.312. The molecule has 0 radical (unpaired) electrons. The van der Waals surface area contributed by atoms with Gasteiger partial charge < -0.3 is 15.4 Å². The molecule has 2 N–H and O–H groups in total. The summed E-state index contributed by atoms with van der Waals surface area (Å²) in [5.74, 6) is 0. The van der Waals surface area contributed by atoms with E-state index in [1.54, 1.807) is 7.11 Å². The van der Waals surface area contributed by atoms with E-state index < -0.39 is 0 Å². The van der Waals surface area contributed by atoms with Gasteiger partial charge in [-0.1, -0.05) is 36.5 Å². The number of nitrogens with two attached hydrogens (primary N) is 1. The Morgan fingerprint density at radius 1 is 1.20 bits per heavy atom. The SMILES string of the molecule is COCCCN(C)c1ccc(C(N)=S)c2ccccc12. The standard InChI is InChI=1S/C16H20N2OS/c1-18(10-5-11-19-2)15-9-8-14(16(17)20)12-6-3-4-7-13(12)15/h3-4,6-9H,5,10-11H2,1-2H3,(H2,17,20). The number of anilines is 1. The van der Waals surface area contributed by atoms with Gasteiger partial charge in [-0.3, -0.25) is 0 Å². The van der Waals surface area contributed by atoms with Crippen LogP contribution in [0.4, 0.5) is 5.69 Å². The molecule has 0 fully saturated rings. The molecular formula is C16H20N2OS. The lowest BCUT2D eigenvalue weighted by Gasteiger charge is -2.22. The number of methoxy groups -OCH3 is 1. The van der Waals surface area contributed by atoms with Crippen molar-refractivity contribution < 1.29 is 4.74 Å². The molecule has 106 valence electrons. The largest absolute Gasteiger partial charge is 0.389 e. The van der Waals surface area contributed by atoms with Crippen LogP contribution in [-0.2, 0) is 4.74 Å². The van der Waals surface area contributed by atoms with Crippen molar-refractivity contribution in [1.29, 1.82) is 0 Å². The minimum atomic E-state index is 0.440. The van der Waals surface area contributed by atoms with Crippen molar-refractivity contribution in [1.82, 2.24) is 0 Å². The molecular weight excluding hydrogens is 268 g/mol. The second-order valence-corrected chi connectivity index (χ2v) is 5.25. The van der Waals surface area contributed by atoms with Gasteiger partial charge in [0.2, 0.25) is 0 Å². The topological polar surface area (TPSA) is 38.5 Å². The summed E-state index contributed by atoms with van der Waals surface area (Å²) in [5.41, 5.74) is 7.93. The van der Waals surface area contributed by atoms with Crippen LogP contribution in [0.1, 0.15) is 12.0 Å². The Hall–Kier alpha value is -1.65. The predicted octanol–water partition coefficient (Wildman–Crippen LogP) is 2.95. The number of hydrogen-bond donors (Lipinski definition) is 1. The highest BCUT2D eigenvalue weighted by Gasteiger charge is 2.10. The van der Waals surface area contributed by atoms with E-state index in [2.05, 4.69) is 30.1 Å². The molecule has 4 heteroatoms. The highest BCUT2D eigenvalue weighted by Crippen LogP contribution is 2.29. The molecule has 2 aromatic rings. The zero-order valence-electron chi connectivity index (χ0n) is 11.9. The molecule has 0 atom stereocenters. The van der Waals surface area contributed by atoms with Gasteiger partial charge in [-0.2, -0.15) is 0 Å². The average molecular weight is 288 g/mol. The Balaban J connectivity index is 2.40. The first-order valence-corrected chi connectivity index (χ1v) is 7.07. The van der Waals surface area contributed by atoms with E-state index in [1.807, 2.05) is 18.2 Å². The minimum Gasteiger partial charge on any atom is -0.389 e. The maximum Gasteiger partial charge on any atom is 0.104 e. The smallest absolute Gasteiger partial charge is 0.104 e. The van der Waals surface area contributed by atoms with Gasteiger partial charge in [-0.15, -0.1) is 0 Å². The van der Waals surface area contributed by atoms with E-state index in [9.17, 15) is 0 Å². The molecule has 0 spiro atoms. The summed E-state index contributed by atoms with van der Waals surface area (Å²) in [7, 11) is 3.82. The number of rotatable bonds is 6. The second-order valence-electron chi connectivity index (χ2n) is 4.81. The maximum atomic E-state index is 5.81. The van der Waals surface area contributed by atoms with E-state index in [0.717, 1.165) is 30.5 Å². The average Bonchev–Trinajstić information content (AvgIpc) is 2.46. The summed E-state index contributed by atoms with van der Waals surface area (Å²) in [5, 5.41) is 2.29. The van der Waals surface area contributed by atoms with Crippen LogP contribution in [0.2, 0.25) is 0 Å². The van der Waals surface area contributed by atoms with Crippen LogP contribution < -0.4 is 10.6 Å². The highest BCUT2D eigenvalue weighted by molar-refractivity contribution is 7.80. The molecule has 0 aromatic heterocycles. The second kappa shape index (κ2) is 6.68. The molecule has 2 aromatic carbocycles. The Kier molecular flexibility index (Phi) is 4.93. The predicted molar refractivity (Wildman–Crippen MR) is 89.6 cm³/mol. The van der Waals surface area contributed by atoms with Gasteiger partial charge in [0.1, 0.15) is 4.99 Å². The van der Waals surface area contributed by atoms with Crippen molar-refractivity contribution in [2.24, 2.45) is 5.73 Å². The summed E-state index contributed by atoms with van der Waals surface area (Å²) in [6.45, 7) is 1.72. The molecule has 2 rings (SSSR count). The molecule has 0 saturated heterocycles. The summed E-state index contributed by atoms with van der Waals surface area (Å²) in [4.78, 5) is 2.68. The molecule has 0 aliphatic rings. The third kappa shape index (κ3) is 3.08. The number of ether oxygens (including phenoxy) is 1. The van der Waals surface area contributed by atoms with Crippen LogP contribution in [0.15, 0.2) is 36.4 Å². The third-order valence-electron chi connectivity index (χ3n) is 3.42. The highest BCUT2D eigenvalue weighted by atomic mass is 32.1. The maximum absolute atomic E-state index is 5.81. The fourth-order valence-corrected chi connectivity index (χ4v) is 2.58. The van der Waals surface area contributed by atoms with Gasteiger partial charge in [0, 0.05) is 43.9 Å². The van der Waals surface area contributed by atoms with Crippen molar-refractivity contribution in [3.63, 3.8) is 0 Å². The van der Waals surface area contributed by atoms with E-state index in [0.29, 0.717) is 4.99 Å². The van der Waals surface area contributed by atoms with Crippen LogP contribution in [0.25, 0.3) is 10.8 Å². The molecule has 0 saturated carbocycles. The Morgan fingerprint density at radius 2 is 1.90 bits per heavy atom. The van der Waals surface area contributed by atoms with E-state index in [-0.39, 0.29) is 0 Å². The fourth-order valence-electron chi connectivity index (χ4n) is 2.40. The normalized spacial score (nSPS) is 10.7. The van der Waals surface area contributed by atoms with E-state index in [1.165, 1.54) is 11.1 Å². The Morgan fingerprint density at radius 3 is 2.55 bits per heavy atom. The van der Waals surface area contributed by atoms with Crippen LogP contribution in [0, 0.1) is 0 Å². The number of thiocarbonyl (C=S) groups is 1. The first-order valence-electron chi connectivity index (χ1n) is 6.66. The zero-order chi connectivity index (χ0) is 14.5. The molecule has 0 amide bonds. The van der Waals surface area contributed by atoms with E-state index >= 15 is 0 Å². The van der Waals surface area contributed by atoms with E-state index in [4.69, 9.17) is 22.7 Å². The summed E-state index contributed by atoms with van der Waals surface area (Å²) >= 11 is 5.13.